The summed E-state index contributed by atoms with van der Waals surface area (Å²) in [5.41, 5.74) is 12.6. The van der Waals surface area contributed by atoms with Gasteiger partial charge in [0, 0.05) is 12.0 Å². The Bertz CT molecular complexity index is 814. The van der Waals surface area contributed by atoms with E-state index in [1.54, 1.807) is 0 Å². The van der Waals surface area contributed by atoms with Gasteiger partial charge in [-0.25, -0.2) is 4.39 Å². The number of carbonyl (C=O) groups is 2. The number of phenolic OH excluding ortho intramolecular Hbond substituents is 1. The quantitative estimate of drug-likeness (QED) is 0.458. The molecule has 0 saturated heterocycles. The van der Waals surface area contributed by atoms with E-state index in [1.165, 1.54) is 6.07 Å². The molecule has 6 N–H and O–H groups in total. The lowest BCUT2D eigenvalue weighted by atomic mass is 9.97. The Labute approximate surface area is 170 Å². The Morgan fingerprint density at radius 2 is 1.83 bits per heavy atom. The molecule has 2 aromatic carbocycles. The van der Waals surface area contributed by atoms with Gasteiger partial charge >= 0.3 is 0 Å². The van der Waals surface area contributed by atoms with Gasteiger partial charge in [-0.2, -0.15) is 0 Å². The average molecular weight is 401 g/mol. The third kappa shape index (κ3) is 7.29. The number of aromatic hydroxyl groups is 1. The van der Waals surface area contributed by atoms with Crippen molar-refractivity contribution in [2.24, 2.45) is 11.5 Å². The number of Topliss-reactive ketones (excluding diaryl/α,β-unsaturated/α-hetero) is 1. The van der Waals surface area contributed by atoms with E-state index >= 15 is 0 Å². The van der Waals surface area contributed by atoms with E-state index in [0.717, 1.165) is 17.7 Å². The van der Waals surface area contributed by atoms with Gasteiger partial charge in [0.05, 0.1) is 12.1 Å². The van der Waals surface area contributed by atoms with Crippen molar-refractivity contribution in [3.05, 3.63) is 65.5 Å². The second-order valence-electron chi connectivity index (χ2n) is 7.04. The lowest BCUT2D eigenvalue weighted by Gasteiger charge is -2.20. The summed E-state index contributed by atoms with van der Waals surface area (Å²) >= 11 is 0. The number of hydrogen-bond acceptors (Lipinski definition) is 5. The number of nitrogens with one attached hydrogen (secondary N) is 1. The molecule has 2 rings (SSSR count). The van der Waals surface area contributed by atoms with Gasteiger partial charge in [-0.05, 0) is 56.0 Å². The summed E-state index contributed by atoms with van der Waals surface area (Å²) in [7, 11) is 0. The van der Waals surface area contributed by atoms with Crippen LogP contribution in [0.2, 0.25) is 0 Å². The molecule has 2 atom stereocenters. The van der Waals surface area contributed by atoms with Crippen LogP contribution in [-0.4, -0.2) is 35.4 Å². The summed E-state index contributed by atoms with van der Waals surface area (Å²) in [6.07, 6.45) is 1.78. The number of phenols is 1. The molecule has 0 aliphatic rings. The third-order valence-corrected chi connectivity index (χ3v) is 4.73. The van der Waals surface area contributed by atoms with E-state index in [1.807, 2.05) is 30.3 Å². The maximum atomic E-state index is 13.5. The summed E-state index contributed by atoms with van der Waals surface area (Å²) in [4.78, 5) is 25.3. The number of halogens is 1. The van der Waals surface area contributed by atoms with Crippen molar-refractivity contribution in [3.8, 4) is 5.75 Å². The molecule has 0 radical (unpaired) electrons. The minimum atomic E-state index is -0.797. The highest BCUT2D eigenvalue weighted by Crippen LogP contribution is 2.20. The number of ketones is 1. The van der Waals surface area contributed by atoms with Crippen LogP contribution in [0.25, 0.3) is 0 Å². The first-order chi connectivity index (χ1) is 13.9. The Balaban J connectivity index is 2.10. The summed E-state index contributed by atoms with van der Waals surface area (Å²) in [6, 6.07) is 11.5. The van der Waals surface area contributed by atoms with Gasteiger partial charge in [0.1, 0.15) is 11.6 Å². The number of hydrogen-bond donors (Lipinski definition) is 4. The normalized spacial score (nSPS) is 12.9. The lowest BCUT2D eigenvalue weighted by Crippen LogP contribution is -2.49. The average Bonchev–Trinajstić information content (AvgIpc) is 2.72. The summed E-state index contributed by atoms with van der Waals surface area (Å²) in [5.74, 6) is -1.44. The van der Waals surface area contributed by atoms with Crippen LogP contribution in [0.3, 0.4) is 0 Å². The summed E-state index contributed by atoms with van der Waals surface area (Å²) < 4.78 is 13.5. The fraction of sp³-hybridized carbons (Fsp3) is 0.364. The number of amides is 1. The molecule has 0 aliphatic heterocycles. The van der Waals surface area contributed by atoms with E-state index in [0.29, 0.717) is 32.2 Å². The molecule has 156 valence electrons. The molecule has 0 heterocycles. The summed E-state index contributed by atoms with van der Waals surface area (Å²) in [6.45, 7) is 0.427. The first kappa shape index (κ1) is 22.5. The first-order valence-corrected chi connectivity index (χ1v) is 9.70. The van der Waals surface area contributed by atoms with Crippen LogP contribution in [0, 0.1) is 5.82 Å². The standard InChI is InChI=1S/C22H28FN3O3/c23-17-9-11-20(27)16(13-17)14-21(28)19(10-8-15-5-2-1-3-6-15)26-22(29)18(25)7-4-12-24/h1-3,5-6,9,11,13,18-19,27H,4,7-8,10,12,14,24-25H2,(H,26,29)/t18-,19+/m0/s1. The van der Waals surface area contributed by atoms with Crippen LogP contribution in [-0.2, 0) is 22.4 Å². The minimum Gasteiger partial charge on any atom is -0.508 e. The zero-order valence-corrected chi connectivity index (χ0v) is 16.3. The van der Waals surface area contributed by atoms with Crippen LogP contribution < -0.4 is 16.8 Å². The zero-order valence-electron chi connectivity index (χ0n) is 16.3. The second kappa shape index (κ2) is 11.3. The van der Waals surface area contributed by atoms with Gasteiger partial charge < -0.3 is 21.9 Å². The number of aryl methyl sites for hydroxylation is 1. The topological polar surface area (TPSA) is 118 Å². The monoisotopic (exact) mass is 401 g/mol. The molecular formula is C22H28FN3O3. The molecule has 0 aromatic heterocycles. The SMILES string of the molecule is NCCC[C@H](N)C(=O)N[C@H](CCc1ccccc1)C(=O)Cc1cc(F)ccc1O. The first-order valence-electron chi connectivity index (χ1n) is 9.70. The largest absolute Gasteiger partial charge is 0.508 e. The predicted molar refractivity (Wildman–Crippen MR) is 110 cm³/mol. The van der Waals surface area contributed by atoms with Crippen molar-refractivity contribution in [2.75, 3.05) is 6.54 Å². The van der Waals surface area contributed by atoms with Gasteiger partial charge in [-0.1, -0.05) is 30.3 Å². The maximum Gasteiger partial charge on any atom is 0.237 e. The van der Waals surface area contributed by atoms with Crippen molar-refractivity contribution in [1.82, 2.24) is 5.32 Å². The van der Waals surface area contributed by atoms with Crippen LogP contribution >= 0.6 is 0 Å². The van der Waals surface area contributed by atoms with Gasteiger partial charge in [-0.15, -0.1) is 0 Å². The number of carbonyl (C=O) groups excluding carboxylic acids is 2. The Kier molecular flexibility index (Phi) is 8.76. The minimum absolute atomic E-state index is 0.160. The van der Waals surface area contributed by atoms with Gasteiger partial charge in [0.2, 0.25) is 5.91 Å². The number of nitrogens with two attached hydrogens (primary N) is 2. The predicted octanol–water partition coefficient (Wildman–Crippen LogP) is 1.83. The lowest BCUT2D eigenvalue weighted by molar-refractivity contribution is -0.128. The molecule has 0 unspecified atom stereocenters. The van der Waals surface area contributed by atoms with Gasteiger partial charge in [-0.3, -0.25) is 9.59 Å². The van der Waals surface area contributed by atoms with Crippen molar-refractivity contribution in [2.45, 2.75) is 44.2 Å². The van der Waals surface area contributed by atoms with Crippen LogP contribution in [0.15, 0.2) is 48.5 Å². The van der Waals surface area contributed by atoms with Gasteiger partial charge in [0.25, 0.3) is 0 Å². The molecule has 6 nitrogen and oxygen atoms in total. The van der Waals surface area contributed by atoms with Gasteiger partial charge in [0.15, 0.2) is 5.78 Å². The molecule has 29 heavy (non-hydrogen) atoms. The third-order valence-electron chi connectivity index (χ3n) is 4.73. The van der Waals surface area contributed by atoms with Crippen molar-refractivity contribution >= 4 is 11.7 Å². The molecule has 7 heteroatoms. The van der Waals surface area contributed by atoms with Crippen LogP contribution in [0.5, 0.6) is 5.75 Å². The van der Waals surface area contributed by atoms with Crippen LogP contribution in [0.4, 0.5) is 4.39 Å². The van der Waals surface area contributed by atoms with E-state index in [4.69, 9.17) is 11.5 Å². The molecule has 0 fully saturated rings. The maximum absolute atomic E-state index is 13.5. The highest BCUT2D eigenvalue weighted by Gasteiger charge is 2.24. The number of rotatable bonds is 11. The van der Waals surface area contributed by atoms with Crippen molar-refractivity contribution < 1.29 is 19.1 Å². The van der Waals surface area contributed by atoms with Crippen molar-refractivity contribution in [3.63, 3.8) is 0 Å². The zero-order chi connectivity index (χ0) is 21.2. The molecule has 0 spiro atoms. The van der Waals surface area contributed by atoms with E-state index in [2.05, 4.69) is 5.32 Å². The van der Waals surface area contributed by atoms with Crippen LogP contribution in [0.1, 0.15) is 30.4 Å². The molecular weight excluding hydrogens is 373 g/mol. The highest BCUT2D eigenvalue weighted by molar-refractivity contribution is 5.92. The molecule has 1 amide bonds. The van der Waals surface area contributed by atoms with E-state index < -0.39 is 23.8 Å². The second-order valence-corrected chi connectivity index (χ2v) is 7.04. The Morgan fingerprint density at radius 1 is 1.10 bits per heavy atom. The fourth-order valence-electron chi connectivity index (χ4n) is 3.02. The van der Waals surface area contributed by atoms with E-state index in [-0.39, 0.29) is 23.5 Å². The van der Waals surface area contributed by atoms with E-state index in [9.17, 15) is 19.1 Å². The molecule has 0 saturated carbocycles. The smallest absolute Gasteiger partial charge is 0.237 e. The Hall–Kier alpha value is -2.77. The Morgan fingerprint density at radius 3 is 2.52 bits per heavy atom. The molecule has 0 bridgehead atoms. The van der Waals surface area contributed by atoms with Crippen molar-refractivity contribution in [1.29, 1.82) is 0 Å². The number of benzene rings is 2. The molecule has 2 aromatic rings. The fourth-order valence-corrected chi connectivity index (χ4v) is 3.02. The highest BCUT2D eigenvalue weighted by atomic mass is 19.1. The molecule has 0 aliphatic carbocycles. The summed E-state index contributed by atoms with van der Waals surface area (Å²) in [5, 5.41) is 12.6.